The van der Waals surface area contributed by atoms with Crippen molar-refractivity contribution in [2.45, 2.75) is 19.3 Å². The topological polar surface area (TPSA) is 46.1 Å². The van der Waals surface area contributed by atoms with Crippen molar-refractivity contribution in [3.8, 4) is 5.75 Å². The van der Waals surface area contributed by atoms with Crippen LogP contribution in [0.2, 0.25) is 0 Å². The summed E-state index contributed by atoms with van der Waals surface area (Å²) < 4.78 is 23.8. The van der Waals surface area contributed by atoms with Gasteiger partial charge < -0.3 is 19.7 Å². The standard InChI is InChI=1S/C18H28FN3O2/c1-20-18(22(2)13-15-9-12-23-14-15)21-10-3-4-11-24-17-7-5-16(19)6-8-17/h5-8,15H,3-4,9-14H2,1-2H3,(H,20,21). The molecule has 0 saturated carbocycles. The van der Waals surface area contributed by atoms with Gasteiger partial charge in [0.25, 0.3) is 0 Å². The Morgan fingerprint density at radius 3 is 2.83 bits per heavy atom. The highest BCUT2D eigenvalue weighted by Crippen LogP contribution is 2.13. The van der Waals surface area contributed by atoms with Crippen molar-refractivity contribution >= 4 is 5.96 Å². The molecule has 24 heavy (non-hydrogen) atoms. The van der Waals surface area contributed by atoms with Crippen LogP contribution in [0.25, 0.3) is 0 Å². The highest BCUT2D eigenvalue weighted by Gasteiger charge is 2.18. The summed E-state index contributed by atoms with van der Waals surface area (Å²) in [6.07, 6.45) is 3.05. The molecular formula is C18H28FN3O2. The molecule has 1 saturated heterocycles. The van der Waals surface area contributed by atoms with Crippen LogP contribution >= 0.6 is 0 Å². The fraction of sp³-hybridized carbons (Fsp3) is 0.611. The van der Waals surface area contributed by atoms with E-state index in [-0.39, 0.29) is 5.82 Å². The number of hydrogen-bond acceptors (Lipinski definition) is 3. The lowest BCUT2D eigenvalue weighted by Gasteiger charge is -2.24. The SMILES string of the molecule is CN=C(NCCCCOc1ccc(F)cc1)N(C)CC1CCOC1. The second-order valence-electron chi connectivity index (χ2n) is 6.09. The zero-order valence-corrected chi connectivity index (χ0v) is 14.6. The van der Waals surface area contributed by atoms with Crippen molar-refractivity contribution in [1.29, 1.82) is 0 Å². The van der Waals surface area contributed by atoms with E-state index in [0.717, 1.165) is 51.5 Å². The van der Waals surface area contributed by atoms with E-state index in [2.05, 4.69) is 22.3 Å². The van der Waals surface area contributed by atoms with E-state index in [4.69, 9.17) is 9.47 Å². The summed E-state index contributed by atoms with van der Waals surface area (Å²) in [5, 5.41) is 3.38. The van der Waals surface area contributed by atoms with Crippen molar-refractivity contribution in [2.24, 2.45) is 10.9 Å². The Labute approximate surface area is 143 Å². The van der Waals surface area contributed by atoms with Crippen LogP contribution < -0.4 is 10.1 Å². The van der Waals surface area contributed by atoms with E-state index in [0.29, 0.717) is 18.3 Å². The summed E-state index contributed by atoms with van der Waals surface area (Å²) in [7, 11) is 3.87. The Hall–Kier alpha value is -1.82. The molecule has 0 bridgehead atoms. The highest BCUT2D eigenvalue weighted by molar-refractivity contribution is 5.79. The van der Waals surface area contributed by atoms with Crippen LogP contribution in [0.15, 0.2) is 29.3 Å². The number of ether oxygens (including phenoxy) is 2. The summed E-state index contributed by atoms with van der Waals surface area (Å²) in [6.45, 7) is 4.17. The molecule has 1 unspecified atom stereocenters. The van der Waals surface area contributed by atoms with E-state index in [1.807, 2.05) is 7.05 Å². The van der Waals surface area contributed by atoms with Gasteiger partial charge in [0.15, 0.2) is 5.96 Å². The number of aliphatic imine (C=N–C) groups is 1. The number of nitrogens with one attached hydrogen (secondary N) is 1. The van der Waals surface area contributed by atoms with E-state index in [1.54, 1.807) is 12.1 Å². The van der Waals surface area contributed by atoms with Crippen molar-refractivity contribution in [3.63, 3.8) is 0 Å². The van der Waals surface area contributed by atoms with Crippen molar-refractivity contribution in [1.82, 2.24) is 10.2 Å². The predicted octanol–water partition coefficient (Wildman–Crippen LogP) is 2.53. The maximum Gasteiger partial charge on any atom is 0.193 e. The van der Waals surface area contributed by atoms with E-state index in [9.17, 15) is 4.39 Å². The van der Waals surface area contributed by atoms with Crippen LogP contribution in [0.5, 0.6) is 5.75 Å². The summed E-state index contributed by atoms with van der Waals surface area (Å²) in [5.74, 6) is 1.98. The van der Waals surface area contributed by atoms with Gasteiger partial charge in [-0.2, -0.15) is 0 Å². The number of unbranched alkanes of at least 4 members (excludes halogenated alkanes) is 1. The van der Waals surface area contributed by atoms with Gasteiger partial charge in [0.2, 0.25) is 0 Å². The average Bonchev–Trinajstić information content (AvgIpc) is 3.08. The van der Waals surface area contributed by atoms with Gasteiger partial charge in [-0.3, -0.25) is 4.99 Å². The molecule has 134 valence electrons. The lowest BCUT2D eigenvalue weighted by atomic mass is 10.1. The highest BCUT2D eigenvalue weighted by atomic mass is 19.1. The third-order valence-corrected chi connectivity index (χ3v) is 4.07. The molecule has 1 heterocycles. The molecule has 6 heteroatoms. The predicted molar refractivity (Wildman–Crippen MR) is 94.0 cm³/mol. The Morgan fingerprint density at radius 2 is 2.17 bits per heavy atom. The Kier molecular flexibility index (Phi) is 7.82. The third kappa shape index (κ3) is 6.35. The fourth-order valence-corrected chi connectivity index (χ4v) is 2.73. The minimum absolute atomic E-state index is 0.244. The van der Waals surface area contributed by atoms with Crippen LogP contribution in [0, 0.1) is 11.7 Å². The molecule has 1 atom stereocenters. The maximum atomic E-state index is 12.8. The Bertz CT molecular complexity index is 501. The molecule has 1 N–H and O–H groups in total. The first-order valence-corrected chi connectivity index (χ1v) is 8.57. The van der Waals surface area contributed by atoms with Gasteiger partial charge >= 0.3 is 0 Å². The monoisotopic (exact) mass is 337 g/mol. The van der Waals surface area contributed by atoms with Crippen LogP contribution in [-0.4, -0.2) is 57.9 Å². The van der Waals surface area contributed by atoms with E-state index >= 15 is 0 Å². The Balaban J connectivity index is 1.57. The molecule has 1 aromatic rings. The van der Waals surface area contributed by atoms with Gasteiger partial charge in [0.1, 0.15) is 11.6 Å². The number of benzene rings is 1. The van der Waals surface area contributed by atoms with Crippen LogP contribution in [0.1, 0.15) is 19.3 Å². The summed E-state index contributed by atoms with van der Waals surface area (Å²) >= 11 is 0. The van der Waals surface area contributed by atoms with Gasteiger partial charge in [0.05, 0.1) is 13.2 Å². The first-order valence-electron chi connectivity index (χ1n) is 8.57. The van der Waals surface area contributed by atoms with Crippen LogP contribution in [0.4, 0.5) is 4.39 Å². The number of guanidine groups is 1. The minimum atomic E-state index is -0.244. The van der Waals surface area contributed by atoms with Gasteiger partial charge in [-0.15, -0.1) is 0 Å². The number of rotatable bonds is 8. The molecule has 0 aliphatic carbocycles. The summed E-state index contributed by atoms with van der Waals surface area (Å²) in [5.41, 5.74) is 0. The maximum absolute atomic E-state index is 12.8. The van der Waals surface area contributed by atoms with Crippen molar-refractivity contribution in [3.05, 3.63) is 30.1 Å². The first kappa shape index (κ1) is 18.5. The van der Waals surface area contributed by atoms with Gasteiger partial charge in [0, 0.05) is 39.7 Å². The second-order valence-corrected chi connectivity index (χ2v) is 6.09. The van der Waals surface area contributed by atoms with E-state index in [1.165, 1.54) is 12.1 Å². The molecule has 0 amide bonds. The van der Waals surface area contributed by atoms with Gasteiger partial charge in [-0.05, 0) is 43.5 Å². The molecular weight excluding hydrogens is 309 g/mol. The molecule has 0 aromatic heterocycles. The molecule has 1 aliphatic heterocycles. The van der Waals surface area contributed by atoms with Crippen molar-refractivity contribution in [2.75, 3.05) is 47.0 Å². The molecule has 1 aliphatic rings. The smallest absolute Gasteiger partial charge is 0.193 e. The van der Waals surface area contributed by atoms with Crippen LogP contribution in [-0.2, 0) is 4.74 Å². The van der Waals surface area contributed by atoms with Crippen LogP contribution in [0.3, 0.4) is 0 Å². The average molecular weight is 337 g/mol. The Morgan fingerprint density at radius 1 is 1.38 bits per heavy atom. The zero-order valence-electron chi connectivity index (χ0n) is 14.6. The molecule has 2 rings (SSSR count). The molecule has 0 spiro atoms. The summed E-state index contributed by atoms with van der Waals surface area (Å²) in [6, 6.07) is 6.12. The normalized spacial score (nSPS) is 17.8. The van der Waals surface area contributed by atoms with Crippen molar-refractivity contribution < 1.29 is 13.9 Å². The van der Waals surface area contributed by atoms with E-state index < -0.39 is 0 Å². The fourth-order valence-electron chi connectivity index (χ4n) is 2.73. The zero-order chi connectivity index (χ0) is 17.2. The molecule has 5 nitrogen and oxygen atoms in total. The summed E-state index contributed by atoms with van der Waals surface area (Å²) in [4.78, 5) is 6.49. The number of halogens is 1. The molecule has 0 radical (unpaired) electrons. The van der Waals surface area contributed by atoms with Gasteiger partial charge in [-0.1, -0.05) is 0 Å². The molecule has 1 aromatic carbocycles. The molecule has 1 fully saturated rings. The largest absolute Gasteiger partial charge is 0.494 e. The number of hydrogen-bond donors (Lipinski definition) is 1. The second kappa shape index (κ2) is 10.1. The lowest BCUT2D eigenvalue weighted by Crippen LogP contribution is -2.41. The number of nitrogens with zero attached hydrogens (tertiary/aromatic N) is 2. The quantitative estimate of drug-likeness (QED) is 0.450. The third-order valence-electron chi connectivity index (χ3n) is 4.07. The first-order chi connectivity index (χ1) is 11.7. The minimum Gasteiger partial charge on any atom is -0.494 e. The van der Waals surface area contributed by atoms with Gasteiger partial charge in [-0.25, -0.2) is 4.39 Å². The lowest BCUT2D eigenvalue weighted by molar-refractivity contribution is 0.181.